The zero-order valence-corrected chi connectivity index (χ0v) is 8.92. The molecule has 0 fully saturated rings. The Balaban J connectivity index is 3.29. The van der Waals surface area contributed by atoms with Gasteiger partial charge in [-0.25, -0.2) is 0 Å². The zero-order chi connectivity index (χ0) is 12.3. The molecule has 0 aliphatic rings. The molecule has 86 valence electrons. The molecular weight excluding hydrogens is 242 g/mol. The van der Waals surface area contributed by atoms with Crippen LogP contribution in [0.15, 0.2) is 12.1 Å². The maximum Gasteiger partial charge on any atom is 0.387 e. The Morgan fingerprint density at radius 3 is 2.56 bits per heavy atom. The molecule has 0 spiro atoms. The van der Waals surface area contributed by atoms with E-state index in [0.717, 1.165) is 6.07 Å². The van der Waals surface area contributed by atoms with Crippen molar-refractivity contribution in [3.05, 3.63) is 28.3 Å². The van der Waals surface area contributed by atoms with Gasteiger partial charge in [0.1, 0.15) is 5.75 Å². The predicted molar refractivity (Wildman–Crippen MR) is 53.5 cm³/mol. The molecule has 0 heterocycles. The van der Waals surface area contributed by atoms with Crippen molar-refractivity contribution in [1.29, 1.82) is 0 Å². The van der Waals surface area contributed by atoms with Crippen molar-refractivity contribution in [2.75, 3.05) is 0 Å². The van der Waals surface area contributed by atoms with E-state index < -0.39 is 6.61 Å². The van der Waals surface area contributed by atoms with E-state index in [4.69, 9.17) is 11.6 Å². The minimum Gasteiger partial charge on any atom is -0.433 e. The second-order valence-electron chi connectivity index (χ2n) is 2.93. The number of halogens is 3. The fraction of sp³-hybridized carbons (Fsp3) is 0.200. The average Bonchev–Trinajstić information content (AvgIpc) is 2.20. The first-order valence-electron chi connectivity index (χ1n) is 4.20. The topological polar surface area (TPSA) is 43.4 Å². The third-order valence-corrected chi connectivity index (χ3v) is 2.22. The maximum atomic E-state index is 12.0. The van der Waals surface area contributed by atoms with Crippen molar-refractivity contribution >= 4 is 23.7 Å². The number of alkyl halides is 2. The maximum absolute atomic E-state index is 12.0. The SMILES string of the molecule is CC(=O)c1cc(C=O)c(Cl)c(OC(F)F)c1. The van der Waals surface area contributed by atoms with E-state index in [2.05, 4.69) is 4.74 Å². The Bertz CT molecular complexity index is 432. The van der Waals surface area contributed by atoms with E-state index in [-0.39, 0.29) is 27.7 Å². The lowest BCUT2D eigenvalue weighted by molar-refractivity contribution is -0.0498. The summed E-state index contributed by atoms with van der Waals surface area (Å²) in [6.07, 6.45) is 0.368. The third kappa shape index (κ3) is 2.76. The Labute approximate surface area is 95.0 Å². The van der Waals surface area contributed by atoms with Crippen LogP contribution in [0.1, 0.15) is 27.6 Å². The summed E-state index contributed by atoms with van der Waals surface area (Å²) in [6.45, 7) is -1.83. The minimum absolute atomic E-state index is 0.0648. The summed E-state index contributed by atoms with van der Waals surface area (Å²) in [7, 11) is 0. The van der Waals surface area contributed by atoms with Crippen LogP contribution in [0.25, 0.3) is 0 Å². The van der Waals surface area contributed by atoms with Crippen LogP contribution in [0.4, 0.5) is 8.78 Å². The summed E-state index contributed by atoms with van der Waals surface area (Å²) < 4.78 is 28.1. The highest BCUT2D eigenvalue weighted by Gasteiger charge is 2.15. The van der Waals surface area contributed by atoms with Crippen LogP contribution in [-0.2, 0) is 0 Å². The van der Waals surface area contributed by atoms with Gasteiger partial charge in [0.05, 0.1) is 5.02 Å². The molecular formula is C10H7ClF2O3. The molecule has 6 heteroatoms. The summed E-state index contributed by atoms with van der Waals surface area (Å²) in [5.41, 5.74) is 0.0205. The van der Waals surface area contributed by atoms with Crippen molar-refractivity contribution in [3.8, 4) is 5.75 Å². The van der Waals surface area contributed by atoms with Gasteiger partial charge < -0.3 is 4.74 Å². The molecule has 1 rings (SSSR count). The second kappa shape index (κ2) is 5.03. The van der Waals surface area contributed by atoms with Gasteiger partial charge in [-0.3, -0.25) is 9.59 Å². The first kappa shape index (κ1) is 12.6. The quantitative estimate of drug-likeness (QED) is 0.608. The van der Waals surface area contributed by atoms with Crippen molar-refractivity contribution in [3.63, 3.8) is 0 Å². The molecule has 3 nitrogen and oxygen atoms in total. The number of aldehydes is 1. The van der Waals surface area contributed by atoms with E-state index in [1.54, 1.807) is 0 Å². The molecule has 0 bridgehead atoms. The van der Waals surface area contributed by atoms with Crippen LogP contribution in [0.5, 0.6) is 5.75 Å². The number of ketones is 1. The lowest BCUT2D eigenvalue weighted by atomic mass is 10.1. The standard InChI is InChI=1S/C10H7ClF2O3/c1-5(15)6-2-7(4-14)9(11)8(3-6)16-10(12)13/h2-4,10H,1H3. The Kier molecular flexibility index (Phi) is 3.95. The van der Waals surface area contributed by atoms with Gasteiger partial charge in [0.25, 0.3) is 0 Å². The van der Waals surface area contributed by atoms with E-state index in [0.29, 0.717) is 6.29 Å². The molecule has 0 aliphatic heterocycles. The van der Waals surface area contributed by atoms with Crippen LogP contribution >= 0.6 is 11.6 Å². The monoisotopic (exact) mass is 248 g/mol. The largest absolute Gasteiger partial charge is 0.433 e. The number of rotatable bonds is 4. The first-order valence-corrected chi connectivity index (χ1v) is 4.58. The zero-order valence-electron chi connectivity index (χ0n) is 8.17. The van der Waals surface area contributed by atoms with Crippen molar-refractivity contribution in [2.24, 2.45) is 0 Å². The fourth-order valence-electron chi connectivity index (χ4n) is 1.09. The number of Topliss-reactive ketones (excluding diaryl/α,β-unsaturated/α-hetero) is 1. The van der Waals surface area contributed by atoms with Crippen molar-refractivity contribution in [1.82, 2.24) is 0 Å². The number of benzene rings is 1. The molecule has 0 atom stereocenters. The van der Waals surface area contributed by atoms with E-state index >= 15 is 0 Å². The Morgan fingerprint density at radius 2 is 2.12 bits per heavy atom. The van der Waals surface area contributed by atoms with Crippen LogP contribution < -0.4 is 4.74 Å². The lowest BCUT2D eigenvalue weighted by Crippen LogP contribution is -2.05. The summed E-state index contributed by atoms with van der Waals surface area (Å²) in [4.78, 5) is 21.7. The van der Waals surface area contributed by atoms with Crippen LogP contribution in [0.2, 0.25) is 5.02 Å². The Hall–Kier alpha value is -1.49. The van der Waals surface area contributed by atoms with Crippen LogP contribution in [-0.4, -0.2) is 18.7 Å². The Morgan fingerprint density at radius 1 is 1.50 bits per heavy atom. The minimum atomic E-state index is -3.07. The highest BCUT2D eigenvalue weighted by molar-refractivity contribution is 6.34. The molecule has 1 aromatic carbocycles. The van der Waals surface area contributed by atoms with Gasteiger partial charge in [-0.15, -0.1) is 0 Å². The summed E-state index contributed by atoms with van der Waals surface area (Å²) in [5.74, 6) is -0.759. The summed E-state index contributed by atoms with van der Waals surface area (Å²) >= 11 is 5.63. The highest BCUT2D eigenvalue weighted by Crippen LogP contribution is 2.30. The number of carbonyl (C=O) groups excluding carboxylic acids is 2. The molecule has 1 aromatic rings. The lowest BCUT2D eigenvalue weighted by Gasteiger charge is -2.09. The van der Waals surface area contributed by atoms with Gasteiger partial charge in [-0.1, -0.05) is 11.6 Å². The number of hydrogen-bond acceptors (Lipinski definition) is 3. The van der Waals surface area contributed by atoms with Crippen molar-refractivity contribution in [2.45, 2.75) is 13.5 Å². The average molecular weight is 249 g/mol. The van der Waals surface area contributed by atoms with Gasteiger partial charge in [0.15, 0.2) is 12.1 Å². The summed E-state index contributed by atoms with van der Waals surface area (Å²) in [6, 6.07) is 2.29. The molecule has 0 radical (unpaired) electrons. The smallest absolute Gasteiger partial charge is 0.387 e. The molecule has 16 heavy (non-hydrogen) atoms. The van der Waals surface area contributed by atoms with E-state index in [1.165, 1.54) is 13.0 Å². The fourth-order valence-corrected chi connectivity index (χ4v) is 1.29. The number of ether oxygens (including phenoxy) is 1. The molecule has 0 unspecified atom stereocenters. The van der Waals surface area contributed by atoms with E-state index in [1.807, 2.05) is 0 Å². The molecule has 0 saturated carbocycles. The van der Waals surface area contributed by atoms with Crippen LogP contribution in [0.3, 0.4) is 0 Å². The predicted octanol–water partition coefficient (Wildman–Crippen LogP) is 2.96. The van der Waals surface area contributed by atoms with Gasteiger partial charge >= 0.3 is 6.61 Å². The van der Waals surface area contributed by atoms with E-state index in [9.17, 15) is 18.4 Å². The van der Waals surface area contributed by atoms with Crippen LogP contribution in [0, 0.1) is 0 Å². The van der Waals surface area contributed by atoms with Gasteiger partial charge in [0, 0.05) is 11.1 Å². The van der Waals surface area contributed by atoms with Gasteiger partial charge in [-0.05, 0) is 19.1 Å². The van der Waals surface area contributed by atoms with Gasteiger partial charge in [0.2, 0.25) is 0 Å². The number of carbonyl (C=O) groups is 2. The van der Waals surface area contributed by atoms with Gasteiger partial charge in [-0.2, -0.15) is 8.78 Å². The molecule has 0 aromatic heterocycles. The number of hydrogen-bond donors (Lipinski definition) is 0. The molecule has 0 aliphatic carbocycles. The third-order valence-electron chi connectivity index (χ3n) is 1.82. The second-order valence-corrected chi connectivity index (χ2v) is 3.31. The van der Waals surface area contributed by atoms with Crippen molar-refractivity contribution < 1.29 is 23.1 Å². The molecule has 0 N–H and O–H groups in total. The summed E-state index contributed by atoms with van der Waals surface area (Å²) in [5, 5.41) is -0.236. The molecule has 0 saturated heterocycles. The highest BCUT2D eigenvalue weighted by atomic mass is 35.5. The normalized spacial score (nSPS) is 10.3. The molecule has 0 amide bonds. The first-order chi connectivity index (χ1) is 7.45.